The summed E-state index contributed by atoms with van der Waals surface area (Å²) in [5.41, 5.74) is -3.93. The Hall–Kier alpha value is -2.37. The summed E-state index contributed by atoms with van der Waals surface area (Å²) < 4.78 is 87.2. The van der Waals surface area contributed by atoms with Crippen molar-refractivity contribution in [1.29, 1.82) is 0 Å². The van der Waals surface area contributed by atoms with Gasteiger partial charge in [-0.1, -0.05) is 39.0 Å². The van der Waals surface area contributed by atoms with Crippen molar-refractivity contribution in [1.82, 2.24) is 20.2 Å². The molecular formula is C21H17F6N4NaO. The minimum atomic E-state index is -4.85. The first-order chi connectivity index (χ1) is 14.7. The molecule has 4 rings (SSSR count). The zero-order valence-corrected chi connectivity index (χ0v) is 17.0. The number of hydrogen-bond acceptors (Lipinski definition) is 4. The summed E-state index contributed by atoms with van der Waals surface area (Å²) in [5, 5.41) is 7.71. The summed E-state index contributed by atoms with van der Waals surface area (Å²) in [5.74, 6) is 0.00930. The third-order valence-electron chi connectivity index (χ3n) is 4.71. The first kappa shape index (κ1) is 25.3. The number of rotatable bonds is 2. The first-order valence-electron chi connectivity index (χ1n) is 9.37. The topological polar surface area (TPSA) is 67.6 Å². The molecule has 0 saturated carbocycles. The van der Waals surface area contributed by atoms with Gasteiger partial charge in [0.2, 0.25) is 5.89 Å². The van der Waals surface area contributed by atoms with Gasteiger partial charge in [-0.3, -0.25) is 0 Å². The molecule has 12 heteroatoms. The molecule has 0 unspecified atom stereocenters. The SMILES string of the molecule is CC(C)(C)c1nnc(-c2nc3cc(-c4ccccc4C(F)(F)F)cc(C(F)(F)F)c3[nH]2)o1.[NaH]. The average Bonchev–Trinajstić information content (AvgIpc) is 3.32. The predicted molar refractivity (Wildman–Crippen MR) is 111 cm³/mol. The Morgan fingerprint density at radius 1 is 0.848 bits per heavy atom. The van der Waals surface area contributed by atoms with Crippen molar-refractivity contribution in [3.63, 3.8) is 0 Å². The normalized spacial score (nSPS) is 12.8. The molecule has 1 N–H and O–H groups in total. The van der Waals surface area contributed by atoms with E-state index in [1.54, 1.807) is 0 Å². The van der Waals surface area contributed by atoms with E-state index in [0.717, 1.165) is 18.2 Å². The molecule has 2 heterocycles. The molecule has 0 spiro atoms. The Labute approximate surface area is 205 Å². The number of alkyl halides is 6. The first-order valence-corrected chi connectivity index (χ1v) is 9.37. The van der Waals surface area contributed by atoms with Crippen LogP contribution >= 0.6 is 0 Å². The molecule has 0 fully saturated rings. The van der Waals surface area contributed by atoms with Gasteiger partial charge in [0.1, 0.15) is 0 Å². The average molecular weight is 478 g/mol. The fraction of sp³-hybridized carbons (Fsp3) is 0.286. The summed E-state index contributed by atoms with van der Waals surface area (Å²) in [6, 6.07) is 6.26. The van der Waals surface area contributed by atoms with Crippen molar-refractivity contribution in [3.8, 4) is 22.8 Å². The summed E-state index contributed by atoms with van der Waals surface area (Å²) in [7, 11) is 0. The number of halogens is 6. The molecule has 0 bridgehead atoms. The van der Waals surface area contributed by atoms with Crippen LogP contribution in [0.15, 0.2) is 40.8 Å². The number of hydrogen-bond donors (Lipinski definition) is 1. The van der Waals surface area contributed by atoms with Crippen molar-refractivity contribution in [2.24, 2.45) is 0 Å². The van der Waals surface area contributed by atoms with Crippen LogP contribution < -0.4 is 0 Å². The van der Waals surface area contributed by atoms with Crippen LogP contribution in [0.5, 0.6) is 0 Å². The minimum absolute atomic E-state index is 0. The zero-order chi connectivity index (χ0) is 23.5. The van der Waals surface area contributed by atoms with Crippen LogP contribution in [0.2, 0.25) is 0 Å². The van der Waals surface area contributed by atoms with Crippen molar-refractivity contribution in [2.45, 2.75) is 38.5 Å². The maximum absolute atomic E-state index is 13.8. The molecule has 4 aromatic rings. The van der Waals surface area contributed by atoms with Crippen LogP contribution in [0.1, 0.15) is 37.8 Å². The van der Waals surface area contributed by atoms with E-state index in [1.165, 1.54) is 12.1 Å². The van der Waals surface area contributed by atoms with Gasteiger partial charge < -0.3 is 9.40 Å². The summed E-state index contributed by atoms with van der Waals surface area (Å²) >= 11 is 0. The predicted octanol–water partition coefficient (Wildman–Crippen LogP) is 5.97. The fourth-order valence-corrected chi connectivity index (χ4v) is 3.20. The van der Waals surface area contributed by atoms with Crippen LogP contribution in [0.4, 0.5) is 26.3 Å². The van der Waals surface area contributed by atoms with Gasteiger partial charge in [0.05, 0.1) is 22.2 Å². The van der Waals surface area contributed by atoms with Gasteiger partial charge in [-0.2, -0.15) is 26.3 Å². The van der Waals surface area contributed by atoms with E-state index in [1.807, 2.05) is 20.8 Å². The van der Waals surface area contributed by atoms with Crippen LogP contribution in [-0.2, 0) is 17.8 Å². The van der Waals surface area contributed by atoms with Crippen LogP contribution in [0.25, 0.3) is 33.9 Å². The van der Waals surface area contributed by atoms with E-state index in [-0.39, 0.29) is 63.8 Å². The maximum atomic E-state index is 13.8. The third-order valence-corrected chi connectivity index (χ3v) is 4.71. The Morgan fingerprint density at radius 3 is 2.06 bits per heavy atom. The van der Waals surface area contributed by atoms with Crippen molar-refractivity contribution >= 4 is 40.6 Å². The second-order valence-electron chi connectivity index (χ2n) is 8.21. The molecule has 170 valence electrons. The third kappa shape index (κ3) is 4.95. The van der Waals surface area contributed by atoms with Gasteiger partial charge in [0.15, 0.2) is 5.82 Å². The van der Waals surface area contributed by atoms with Crippen molar-refractivity contribution in [3.05, 3.63) is 53.4 Å². The van der Waals surface area contributed by atoms with Crippen molar-refractivity contribution in [2.75, 3.05) is 0 Å². The molecular weight excluding hydrogens is 461 g/mol. The Balaban J connectivity index is 0.00000306. The molecule has 0 radical (unpaired) electrons. The van der Waals surface area contributed by atoms with Crippen molar-refractivity contribution < 1.29 is 30.8 Å². The van der Waals surface area contributed by atoms with Gasteiger partial charge in [-0.05, 0) is 29.3 Å². The molecule has 0 aliphatic rings. The van der Waals surface area contributed by atoms with E-state index in [9.17, 15) is 26.3 Å². The van der Waals surface area contributed by atoms with E-state index in [0.29, 0.717) is 6.07 Å². The molecule has 0 saturated heterocycles. The van der Waals surface area contributed by atoms with Gasteiger partial charge in [0, 0.05) is 5.41 Å². The quantitative estimate of drug-likeness (QED) is 0.285. The van der Waals surface area contributed by atoms with Crippen LogP contribution in [0, 0.1) is 0 Å². The second kappa shape index (κ2) is 8.44. The summed E-state index contributed by atoms with van der Waals surface area (Å²) in [6.45, 7) is 5.44. The van der Waals surface area contributed by atoms with Gasteiger partial charge in [-0.25, -0.2) is 4.98 Å². The number of benzene rings is 2. The molecule has 5 nitrogen and oxygen atoms in total. The number of aromatic nitrogens is 4. The number of nitrogens with one attached hydrogen (secondary N) is 1. The standard InChI is InChI=1S/C21H16F6N4O.Na.H/c1-19(2,3)18-31-30-17(32-18)16-28-14-9-10(8-13(15(14)29-16)21(25,26)27)11-6-4-5-7-12(11)20(22,23)24;;/h4-9H,1-3H3,(H,28,29);;. The number of nitrogens with zero attached hydrogens (tertiary/aromatic N) is 3. The monoisotopic (exact) mass is 478 g/mol. The Kier molecular flexibility index (Phi) is 6.46. The van der Waals surface area contributed by atoms with Gasteiger partial charge in [-0.15, -0.1) is 10.2 Å². The second-order valence-corrected chi connectivity index (χ2v) is 8.21. The number of fused-ring (bicyclic) bond motifs is 1. The van der Waals surface area contributed by atoms with Crippen LogP contribution in [0.3, 0.4) is 0 Å². The zero-order valence-electron chi connectivity index (χ0n) is 17.0. The van der Waals surface area contributed by atoms with Gasteiger partial charge >= 0.3 is 41.9 Å². The molecule has 0 atom stereocenters. The summed E-state index contributed by atoms with van der Waals surface area (Å²) in [4.78, 5) is 6.62. The molecule has 0 aliphatic carbocycles. The van der Waals surface area contributed by atoms with E-state index in [4.69, 9.17) is 4.42 Å². The molecule has 0 aliphatic heterocycles. The van der Waals surface area contributed by atoms with Gasteiger partial charge in [0.25, 0.3) is 5.89 Å². The molecule has 2 aromatic carbocycles. The Morgan fingerprint density at radius 2 is 1.48 bits per heavy atom. The fourth-order valence-electron chi connectivity index (χ4n) is 3.20. The molecule has 2 aromatic heterocycles. The Bertz CT molecular complexity index is 1300. The molecule has 0 amide bonds. The summed E-state index contributed by atoms with van der Waals surface area (Å²) in [6.07, 6.45) is -9.59. The number of aromatic amines is 1. The number of H-pyrrole nitrogens is 1. The number of imidazole rings is 1. The molecule has 33 heavy (non-hydrogen) atoms. The van der Waals surface area contributed by atoms with E-state index in [2.05, 4.69) is 20.2 Å². The van der Waals surface area contributed by atoms with E-state index < -0.39 is 34.4 Å². The van der Waals surface area contributed by atoms with Crippen LogP contribution in [-0.4, -0.2) is 49.7 Å². The van der Waals surface area contributed by atoms with E-state index >= 15 is 0 Å².